The van der Waals surface area contributed by atoms with Gasteiger partial charge in [-0.15, -0.1) is 0 Å². The predicted molar refractivity (Wildman–Crippen MR) is 48.3 cm³/mol. The molecule has 0 bridgehead atoms. The van der Waals surface area contributed by atoms with Crippen LogP contribution in [-0.4, -0.2) is 17.7 Å². The van der Waals surface area contributed by atoms with E-state index in [1.807, 2.05) is 0 Å². The molecule has 1 fully saturated rings. The Kier molecular flexibility index (Phi) is 2.24. The molecule has 1 aliphatic heterocycles. The van der Waals surface area contributed by atoms with Gasteiger partial charge in [0.2, 0.25) is 0 Å². The number of nitro benzene ring substituents is 1. The highest BCUT2D eigenvalue weighted by Crippen LogP contribution is 2.25. The minimum absolute atomic E-state index is 0.00370. The van der Waals surface area contributed by atoms with Gasteiger partial charge in [0.15, 0.2) is 6.10 Å². The zero-order chi connectivity index (χ0) is 10.8. The molecular formula is C9H7NO5. The van der Waals surface area contributed by atoms with Gasteiger partial charge in [-0.3, -0.25) is 10.1 Å². The van der Waals surface area contributed by atoms with E-state index in [-0.39, 0.29) is 12.3 Å². The second-order valence-electron chi connectivity index (χ2n) is 3.02. The lowest BCUT2D eigenvalue weighted by Gasteiger charge is -2.05. The zero-order valence-corrected chi connectivity index (χ0v) is 7.58. The van der Waals surface area contributed by atoms with E-state index < -0.39 is 17.2 Å². The SMILES string of the molecule is O=C1OC[C@@H](c2ccc([N+](=O)[O-])cc2)O1. The normalized spacial score (nSPS) is 19.5. The van der Waals surface area contributed by atoms with Crippen LogP contribution in [0.2, 0.25) is 0 Å². The van der Waals surface area contributed by atoms with Crippen LogP contribution in [0.25, 0.3) is 0 Å². The molecule has 6 nitrogen and oxygen atoms in total. The van der Waals surface area contributed by atoms with Crippen LogP contribution >= 0.6 is 0 Å². The summed E-state index contributed by atoms with van der Waals surface area (Å²) in [6.07, 6.45) is -1.17. The van der Waals surface area contributed by atoms with Gasteiger partial charge in [-0.05, 0) is 17.7 Å². The molecule has 0 N–H and O–H groups in total. The third-order valence-electron chi connectivity index (χ3n) is 2.07. The van der Waals surface area contributed by atoms with Crippen molar-refractivity contribution >= 4 is 11.8 Å². The van der Waals surface area contributed by atoms with Crippen molar-refractivity contribution in [2.24, 2.45) is 0 Å². The first kappa shape index (κ1) is 9.45. The van der Waals surface area contributed by atoms with E-state index in [1.165, 1.54) is 12.1 Å². The van der Waals surface area contributed by atoms with Gasteiger partial charge in [-0.2, -0.15) is 0 Å². The molecule has 1 saturated heterocycles. The molecule has 1 aromatic carbocycles. The molecule has 15 heavy (non-hydrogen) atoms. The van der Waals surface area contributed by atoms with Crippen molar-refractivity contribution in [1.82, 2.24) is 0 Å². The van der Waals surface area contributed by atoms with Gasteiger partial charge < -0.3 is 9.47 Å². The highest BCUT2D eigenvalue weighted by atomic mass is 16.8. The first-order chi connectivity index (χ1) is 7.16. The maximum atomic E-state index is 10.6. The van der Waals surface area contributed by atoms with E-state index in [1.54, 1.807) is 12.1 Å². The van der Waals surface area contributed by atoms with Crippen LogP contribution < -0.4 is 0 Å². The average molecular weight is 209 g/mol. The zero-order valence-electron chi connectivity index (χ0n) is 7.58. The molecule has 1 atom stereocenters. The quantitative estimate of drug-likeness (QED) is 0.421. The fraction of sp³-hybridized carbons (Fsp3) is 0.222. The third kappa shape index (κ3) is 1.88. The standard InChI is InChI=1S/C9H7NO5/c11-9-14-5-8(15-9)6-1-3-7(4-2-6)10(12)13/h1-4,8H,5H2/t8-/m0/s1. The second-order valence-corrected chi connectivity index (χ2v) is 3.02. The molecular weight excluding hydrogens is 202 g/mol. The summed E-state index contributed by atoms with van der Waals surface area (Å²) < 4.78 is 9.42. The average Bonchev–Trinajstić information content (AvgIpc) is 2.65. The number of hydrogen-bond acceptors (Lipinski definition) is 5. The van der Waals surface area contributed by atoms with E-state index in [4.69, 9.17) is 4.74 Å². The molecule has 2 rings (SSSR count). The molecule has 0 amide bonds. The summed E-state index contributed by atoms with van der Waals surface area (Å²) in [6.45, 7) is 0.149. The first-order valence-corrected chi connectivity index (χ1v) is 4.24. The number of carbonyl (C=O) groups excluding carboxylic acids is 1. The van der Waals surface area contributed by atoms with Crippen molar-refractivity contribution in [3.05, 3.63) is 39.9 Å². The summed E-state index contributed by atoms with van der Waals surface area (Å²) in [6, 6.07) is 5.82. The number of non-ortho nitro benzene ring substituents is 1. The Morgan fingerprint density at radius 3 is 2.47 bits per heavy atom. The van der Waals surface area contributed by atoms with Crippen molar-refractivity contribution in [2.75, 3.05) is 6.61 Å². The third-order valence-corrected chi connectivity index (χ3v) is 2.07. The predicted octanol–water partition coefficient (Wildman–Crippen LogP) is 1.80. The number of nitrogens with zero attached hydrogens (tertiary/aromatic N) is 1. The molecule has 0 unspecified atom stereocenters. The van der Waals surface area contributed by atoms with Crippen LogP contribution in [0, 0.1) is 10.1 Å². The molecule has 0 spiro atoms. The Balaban J connectivity index is 2.17. The van der Waals surface area contributed by atoms with Crippen molar-refractivity contribution in [3.8, 4) is 0 Å². The van der Waals surface area contributed by atoms with Crippen LogP contribution in [-0.2, 0) is 9.47 Å². The summed E-state index contributed by atoms with van der Waals surface area (Å²) >= 11 is 0. The molecule has 78 valence electrons. The highest BCUT2D eigenvalue weighted by molar-refractivity contribution is 5.62. The van der Waals surface area contributed by atoms with Crippen molar-refractivity contribution in [2.45, 2.75) is 6.10 Å². The van der Waals surface area contributed by atoms with Crippen LogP contribution in [0.3, 0.4) is 0 Å². The molecule has 6 heteroatoms. The number of benzene rings is 1. The lowest BCUT2D eigenvalue weighted by molar-refractivity contribution is -0.384. The van der Waals surface area contributed by atoms with Gasteiger partial charge in [0, 0.05) is 12.1 Å². The number of rotatable bonds is 2. The molecule has 0 aromatic heterocycles. The van der Waals surface area contributed by atoms with E-state index in [0.717, 1.165) is 0 Å². The van der Waals surface area contributed by atoms with Crippen molar-refractivity contribution in [3.63, 3.8) is 0 Å². The van der Waals surface area contributed by atoms with E-state index in [9.17, 15) is 14.9 Å². The second kappa shape index (κ2) is 3.56. The smallest absolute Gasteiger partial charge is 0.430 e. The van der Waals surface area contributed by atoms with E-state index in [0.29, 0.717) is 5.56 Å². The summed E-state index contributed by atoms with van der Waals surface area (Å²) in [5.41, 5.74) is 0.690. The monoisotopic (exact) mass is 209 g/mol. The number of hydrogen-bond donors (Lipinski definition) is 0. The van der Waals surface area contributed by atoms with Gasteiger partial charge in [0.05, 0.1) is 4.92 Å². The Labute approximate surface area is 84.6 Å². The fourth-order valence-corrected chi connectivity index (χ4v) is 1.30. The Hall–Kier alpha value is -2.11. The van der Waals surface area contributed by atoms with Crippen LogP contribution in [0.5, 0.6) is 0 Å². The molecule has 0 aliphatic carbocycles. The lowest BCUT2D eigenvalue weighted by atomic mass is 10.1. The van der Waals surface area contributed by atoms with Crippen LogP contribution in [0.1, 0.15) is 11.7 Å². The van der Waals surface area contributed by atoms with Crippen LogP contribution in [0.4, 0.5) is 10.5 Å². The minimum Gasteiger partial charge on any atom is -0.430 e. The van der Waals surface area contributed by atoms with Crippen molar-refractivity contribution in [1.29, 1.82) is 0 Å². The Morgan fingerprint density at radius 2 is 2.00 bits per heavy atom. The number of carbonyl (C=O) groups is 1. The van der Waals surface area contributed by atoms with Gasteiger partial charge in [0.25, 0.3) is 5.69 Å². The van der Waals surface area contributed by atoms with Gasteiger partial charge in [-0.1, -0.05) is 0 Å². The largest absolute Gasteiger partial charge is 0.509 e. The lowest BCUT2D eigenvalue weighted by Crippen LogP contribution is -2.00. The fourth-order valence-electron chi connectivity index (χ4n) is 1.30. The Morgan fingerprint density at radius 1 is 1.33 bits per heavy atom. The number of cyclic esters (lactones) is 2. The van der Waals surface area contributed by atoms with Gasteiger partial charge in [-0.25, -0.2) is 4.79 Å². The summed E-state index contributed by atoms with van der Waals surface area (Å²) in [4.78, 5) is 20.5. The molecule has 1 aromatic rings. The first-order valence-electron chi connectivity index (χ1n) is 4.24. The molecule has 1 aliphatic rings. The van der Waals surface area contributed by atoms with E-state index >= 15 is 0 Å². The summed E-state index contributed by atoms with van der Waals surface area (Å²) in [5.74, 6) is 0. The summed E-state index contributed by atoms with van der Waals surface area (Å²) in [7, 11) is 0. The molecule has 0 saturated carbocycles. The topological polar surface area (TPSA) is 78.7 Å². The molecule has 1 heterocycles. The number of ether oxygens (including phenoxy) is 2. The van der Waals surface area contributed by atoms with Crippen LogP contribution in [0.15, 0.2) is 24.3 Å². The summed E-state index contributed by atoms with van der Waals surface area (Å²) in [5, 5.41) is 10.4. The maximum absolute atomic E-state index is 10.6. The van der Waals surface area contributed by atoms with Crippen molar-refractivity contribution < 1.29 is 19.2 Å². The Bertz CT molecular complexity index is 399. The maximum Gasteiger partial charge on any atom is 0.509 e. The van der Waals surface area contributed by atoms with Gasteiger partial charge >= 0.3 is 6.16 Å². The van der Waals surface area contributed by atoms with E-state index in [2.05, 4.69) is 4.74 Å². The minimum atomic E-state index is -0.710. The number of nitro groups is 1. The highest BCUT2D eigenvalue weighted by Gasteiger charge is 2.26. The molecule has 0 radical (unpaired) electrons. The van der Waals surface area contributed by atoms with Gasteiger partial charge in [0.1, 0.15) is 6.61 Å².